The summed E-state index contributed by atoms with van der Waals surface area (Å²) in [7, 11) is 0. The maximum atomic E-state index is 6.28. The van der Waals surface area contributed by atoms with Crippen LogP contribution in [0, 0.1) is 5.92 Å². The molecule has 4 fully saturated rings. The van der Waals surface area contributed by atoms with Gasteiger partial charge in [0, 0.05) is 17.6 Å². The van der Waals surface area contributed by atoms with Crippen LogP contribution in [0.4, 0.5) is 0 Å². The summed E-state index contributed by atoms with van der Waals surface area (Å²) in [5.41, 5.74) is 6.52. The van der Waals surface area contributed by atoms with Gasteiger partial charge in [0.05, 0.1) is 0 Å². The summed E-state index contributed by atoms with van der Waals surface area (Å²) < 4.78 is 0. The van der Waals surface area contributed by atoms with Crippen LogP contribution in [0.15, 0.2) is 0 Å². The molecule has 0 radical (unpaired) electrons. The molecular weight excluding hydrogens is 136 g/mol. The highest BCUT2D eigenvalue weighted by Crippen LogP contribution is 2.45. The second kappa shape index (κ2) is 1.80. The van der Waals surface area contributed by atoms with Crippen LogP contribution in [0.3, 0.4) is 0 Å². The lowest BCUT2D eigenvalue weighted by Gasteiger charge is -2.55. The number of nitrogens with two attached hydrogens (primary N) is 1. The Morgan fingerprint density at radius 3 is 2.18 bits per heavy atom. The molecule has 4 aliphatic rings. The Balaban J connectivity index is 1.94. The number of rotatable bonds is 0. The van der Waals surface area contributed by atoms with E-state index < -0.39 is 0 Å². The SMILES string of the molecule is NC12CC3CC(C1)NC(C3)C2. The molecule has 4 rings (SSSR count). The molecule has 0 spiro atoms. The highest BCUT2D eigenvalue weighted by Gasteiger charge is 2.48. The van der Waals surface area contributed by atoms with Gasteiger partial charge in [-0.15, -0.1) is 0 Å². The summed E-state index contributed by atoms with van der Waals surface area (Å²) in [5, 5.41) is 3.66. The fourth-order valence-electron chi connectivity index (χ4n) is 3.63. The first-order valence-corrected chi connectivity index (χ1v) is 4.78. The highest BCUT2D eigenvalue weighted by atomic mass is 15.0. The summed E-state index contributed by atoms with van der Waals surface area (Å²) in [6.07, 6.45) is 6.58. The summed E-state index contributed by atoms with van der Waals surface area (Å²) in [5.74, 6) is 0.957. The van der Waals surface area contributed by atoms with E-state index in [4.69, 9.17) is 5.73 Å². The van der Waals surface area contributed by atoms with Gasteiger partial charge in [0.2, 0.25) is 0 Å². The molecule has 62 valence electrons. The first-order valence-electron chi connectivity index (χ1n) is 4.78. The normalized spacial score (nSPS) is 60.3. The molecule has 0 amide bonds. The smallest absolute Gasteiger partial charge is 0.0186 e. The average Bonchev–Trinajstić information content (AvgIpc) is 1.79. The molecule has 2 saturated heterocycles. The van der Waals surface area contributed by atoms with Gasteiger partial charge in [-0.05, 0) is 38.0 Å². The van der Waals surface area contributed by atoms with Crippen molar-refractivity contribution in [1.29, 1.82) is 0 Å². The molecular formula is C9H16N2. The van der Waals surface area contributed by atoms with E-state index in [-0.39, 0.29) is 5.54 Å². The Morgan fingerprint density at radius 1 is 1.09 bits per heavy atom. The van der Waals surface area contributed by atoms with Gasteiger partial charge in [0.25, 0.3) is 0 Å². The number of piperidine rings is 2. The molecule has 4 bridgehead atoms. The van der Waals surface area contributed by atoms with Gasteiger partial charge in [0.1, 0.15) is 0 Å². The standard InChI is InChI=1S/C9H16N2/c10-9-3-6-1-7(4-9)11-8(2-6)5-9/h6-8,11H,1-5,10H2. The van der Waals surface area contributed by atoms with Gasteiger partial charge < -0.3 is 11.1 Å². The minimum atomic E-state index is 0.238. The number of nitrogens with one attached hydrogen (secondary N) is 1. The summed E-state index contributed by atoms with van der Waals surface area (Å²) in [6, 6.07) is 1.54. The molecule has 2 unspecified atom stereocenters. The zero-order chi connectivity index (χ0) is 7.47. The van der Waals surface area contributed by atoms with Gasteiger partial charge in [-0.25, -0.2) is 0 Å². The molecule has 2 atom stereocenters. The van der Waals surface area contributed by atoms with Crippen molar-refractivity contribution in [3.63, 3.8) is 0 Å². The first-order chi connectivity index (χ1) is 5.23. The summed E-state index contributed by atoms with van der Waals surface area (Å²) in [6.45, 7) is 0. The lowest BCUT2D eigenvalue weighted by Crippen LogP contribution is -2.66. The largest absolute Gasteiger partial charge is 0.325 e. The lowest BCUT2D eigenvalue weighted by atomic mass is 9.61. The van der Waals surface area contributed by atoms with E-state index in [0.29, 0.717) is 0 Å². The Morgan fingerprint density at radius 2 is 1.73 bits per heavy atom. The third-order valence-electron chi connectivity index (χ3n) is 3.71. The van der Waals surface area contributed by atoms with Crippen LogP contribution in [-0.2, 0) is 0 Å². The molecule has 2 aliphatic carbocycles. The zero-order valence-electron chi connectivity index (χ0n) is 6.84. The van der Waals surface area contributed by atoms with Gasteiger partial charge in [-0.1, -0.05) is 0 Å². The molecule has 0 aromatic carbocycles. The molecule has 2 aliphatic heterocycles. The van der Waals surface area contributed by atoms with Crippen LogP contribution >= 0.6 is 0 Å². The lowest BCUT2D eigenvalue weighted by molar-refractivity contribution is 0.0386. The second-order valence-electron chi connectivity index (χ2n) is 4.87. The highest BCUT2D eigenvalue weighted by molar-refractivity contribution is 5.08. The predicted octanol–water partition coefficient (Wildman–Crippen LogP) is 0.618. The molecule has 3 N–H and O–H groups in total. The van der Waals surface area contributed by atoms with Gasteiger partial charge >= 0.3 is 0 Å². The van der Waals surface area contributed by atoms with E-state index in [1.165, 1.54) is 32.1 Å². The quantitative estimate of drug-likeness (QED) is 0.534. The van der Waals surface area contributed by atoms with E-state index in [1.54, 1.807) is 0 Å². The van der Waals surface area contributed by atoms with Gasteiger partial charge in [-0.3, -0.25) is 0 Å². The average molecular weight is 152 g/mol. The van der Waals surface area contributed by atoms with Crippen molar-refractivity contribution in [2.45, 2.75) is 49.7 Å². The van der Waals surface area contributed by atoms with Gasteiger partial charge in [0.15, 0.2) is 0 Å². The van der Waals surface area contributed by atoms with Crippen molar-refractivity contribution in [1.82, 2.24) is 5.32 Å². The number of hydrogen-bond donors (Lipinski definition) is 2. The Labute approximate surface area is 67.5 Å². The molecule has 0 aromatic rings. The van der Waals surface area contributed by atoms with Gasteiger partial charge in [-0.2, -0.15) is 0 Å². The fourth-order valence-corrected chi connectivity index (χ4v) is 3.63. The molecule has 2 heterocycles. The molecule has 2 nitrogen and oxygen atoms in total. The van der Waals surface area contributed by atoms with Crippen LogP contribution in [0.1, 0.15) is 32.1 Å². The van der Waals surface area contributed by atoms with Crippen LogP contribution in [0.2, 0.25) is 0 Å². The Hall–Kier alpha value is -0.0800. The van der Waals surface area contributed by atoms with Crippen molar-refractivity contribution in [3.8, 4) is 0 Å². The monoisotopic (exact) mass is 152 g/mol. The molecule has 2 saturated carbocycles. The Bertz CT molecular complexity index is 153. The minimum absolute atomic E-state index is 0.238. The maximum absolute atomic E-state index is 6.28. The predicted molar refractivity (Wildman–Crippen MR) is 44.2 cm³/mol. The van der Waals surface area contributed by atoms with E-state index in [0.717, 1.165) is 18.0 Å². The zero-order valence-corrected chi connectivity index (χ0v) is 6.84. The second-order valence-corrected chi connectivity index (χ2v) is 4.87. The topological polar surface area (TPSA) is 38.0 Å². The third kappa shape index (κ3) is 0.859. The third-order valence-corrected chi connectivity index (χ3v) is 3.71. The van der Waals surface area contributed by atoms with Crippen LogP contribution in [0.25, 0.3) is 0 Å². The summed E-state index contributed by atoms with van der Waals surface area (Å²) in [4.78, 5) is 0. The van der Waals surface area contributed by atoms with Crippen molar-refractivity contribution < 1.29 is 0 Å². The van der Waals surface area contributed by atoms with E-state index in [1.807, 2.05) is 0 Å². The van der Waals surface area contributed by atoms with E-state index in [2.05, 4.69) is 5.32 Å². The molecule has 0 aromatic heterocycles. The molecule has 11 heavy (non-hydrogen) atoms. The fraction of sp³-hybridized carbons (Fsp3) is 1.00. The van der Waals surface area contributed by atoms with Crippen LogP contribution in [0.5, 0.6) is 0 Å². The minimum Gasteiger partial charge on any atom is -0.325 e. The molecule has 2 heteroatoms. The summed E-state index contributed by atoms with van der Waals surface area (Å²) >= 11 is 0. The van der Waals surface area contributed by atoms with Crippen molar-refractivity contribution in [2.24, 2.45) is 11.7 Å². The number of hydrogen-bond acceptors (Lipinski definition) is 2. The van der Waals surface area contributed by atoms with Crippen LogP contribution < -0.4 is 11.1 Å². The van der Waals surface area contributed by atoms with E-state index in [9.17, 15) is 0 Å². The van der Waals surface area contributed by atoms with Crippen LogP contribution in [-0.4, -0.2) is 17.6 Å². The Kier molecular flexibility index (Phi) is 1.06. The van der Waals surface area contributed by atoms with E-state index >= 15 is 0 Å². The maximum Gasteiger partial charge on any atom is 0.0186 e. The van der Waals surface area contributed by atoms with Crippen molar-refractivity contribution >= 4 is 0 Å². The first kappa shape index (κ1) is 6.44. The van der Waals surface area contributed by atoms with Crippen molar-refractivity contribution in [3.05, 3.63) is 0 Å². The van der Waals surface area contributed by atoms with Crippen molar-refractivity contribution in [2.75, 3.05) is 0 Å².